The van der Waals surface area contributed by atoms with Crippen molar-refractivity contribution in [1.29, 1.82) is 0 Å². The zero-order valence-corrected chi connectivity index (χ0v) is 40.6. The van der Waals surface area contributed by atoms with Crippen LogP contribution < -0.4 is 0 Å². The summed E-state index contributed by atoms with van der Waals surface area (Å²) in [5.74, 6) is -0.975. The van der Waals surface area contributed by atoms with E-state index in [4.69, 9.17) is 14.2 Å². The summed E-state index contributed by atoms with van der Waals surface area (Å²) < 4.78 is 16.7. The molecule has 0 saturated heterocycles. The molecular formula is C56H96O6. The number of allylic oxidation sites excluding steroid dienone is 12. The Balaban J connectivity index is 4.45. The Kier molecular flexibility index (Phi) is 47.9. The molecule has 0 radical (unpaired) electrons. The summed E-state index contributed by atoms with van der Waals surface area (Å²) in [5, 5.41) is 0. The maximum absolute atomic E-state index is 12.8. The first-order chi connectivity index (χ1) is 30.5. The molecule has 1 atom stereocenters. The molecule has 0 saturated carbocycles. The third-order valence-corrected chi connectivity index (χ3v) is 10.9. The molecule has 0 aliphatic rings. The zero-order chi connectivity index (χ0) is 45.1. The average molecular weight is 865 g/mol. The van der Waals surface area contributed by atoms with Crippen LogP contribution in [0.3, 0.4) is 0 Å². The minimum atomic E-state index is -0.803. The van der Waals surface area contributed by atoms with Crippen LogP contribution in [0.4, 0.5) is 0 Å². The van der Waals surface area contributed by atoms with Gasteiger partial charge in [-0.1, -0.05) is 196 Å². The van der Waals surface area contributed by atoms with Crippen LogP contribution in [0.15, 0.2) is 72.9 Å². The van der Waals surface area contributed by atoms with Crippen LogP contribution >= 0.6 is 0 Å². The minimum Gasteiger partial charge on any atom is -0.462 e. The van der Waals surface area contributed by atoms with Crippen LogP contribution in [-0.2, 0) is 28.6 Å². The molecular weight excluding hydrogens is 769 g/mol. The van der Waals surface area contributed by atoms with Crippen molar-refractivity contribution < 1.29 is 28.6 Å². The Bertz CT molecular complexity index is 1180. The summed E-state index contributed by atoms with van der Waals surface area (Å²) in [5.41, 5.74) is 0. The fraction of sp³-hybridized carbons (Fsp3) is 0.732. The molecule has 0 aromatic rings. The molecule has 0 fully saturated rings. The van der Waals surface area contributed by atoms with E-state index < -0.39 is 6.10 Å². The van der Waals surface area contributed by atoms with E-state index in [-0.39, 0.29) is 37.5 Å². The van der Waals surface area contributed by atoms with Gasteiger partial charge in [0.15, 0.2) is 6.10 Å². The fourth-order valence-corrected chi connectivity index (χ4v) is 6.94. The molecule has 0 spiro atoms. The van der Waals surface area contributed by atoms with E-state index in [1.165, 1.54) is 109 Å². The second-order valence-corrected chi connectivity index (χ2v) is 17.1. The van der Waals surface area contributed by atoms with Gasteiger partial charge in [0.1, 0.15) is 13.2 Å². The molecule has 62 heavy (non-hydrogen) atoms. The second-order valence-electron chi connectivity index (χ2n) is 17.1. The molecule has 1 unspecified atom stereocenters. The fourth-order valence-electron chi connectivity index (χ4n) is 6.94. The minimum absolute atomic E-state index is 0.101. The smallest absolute Gasteiger partial charge is 0.306 e. The van der Waals surface area contributed by atoms with E-state index in [2.05, 4.69) is 93.7 Å². The lowest BCUT2D eigenvalue weighted by atomic mass is 10.1. The lowest BCUT2D eigenvalue weighted by Gasteiger charge is -2.18. The first kappa shape index (κ1) is 58.9. The molecule has 6 heteroatoms. The molecule has 0 heterocycles. The summed E-state index contributed by atoms with van der Waals surface area (Å²) in [7, 11) is 0. The topological polar surface area (TPSA) is 78.9 Å². The van der Waals surface area contributed by atoms with Crippen LogP contribution in [0.2, 0.25) is 0 Å². The molecule has 0 N–H and O–H groups in total. The molecule has 356 valence electrons. The quantitative estimate of drug-likeness (QED) is 0.0262. The van der Waals surface area contributed by atoms with Crippen LogP contribution in [0.1, 0.15) is 245 Å². The monoisotopic (exact) mass is 865 g/mol. The number of carbonyl (C=O) groups excluding carboxylic acids is 3. The van der Waals surface area contributed by atoms with Crippen molar-refractivity contribution in [2.45, 2.75) is 252 Å². The number of hydrogen-bond donors (Lipinski definition) is 0. The third-order valence-electron chi connectivity index (χ3n) is 10.9. The molecule has 0 aliphatic carbocycles. The number of rotatable bonds is 46. The maximum Gasteiger partial charge on any atom is 0.306 e. The van der Waals surface area contributed by atoms with Crippen molar-refractivity contribution in [3.8, 4) is 0 Å². The number of ether oxygens (including phenoxy) is 3. The SMILES string of the molecule is CCCC/C=C\CCCCCCC(=O)OCC(COC(=O)CCC/C=C\C/C=C\C/C=C\CCCCCCCC)OC(=O)CCCCCCCCC/C=C\C/C=C\CCCCC. The first-order valence-electron chi connectivity index (χ1n) is 25.9. The highest BCUT2D eigenvalue weighted by Gasteiger charge is 2.19. The van der Waals surface area contributed by atoms with Crippen LogP contribution in [-0.4, -0.2) is 37.2 Å². The summed E-state index contributed by atoms with van der Waals surface area (Å²) in [6.07, 6.45) is 63.2. The maximum atomic E-state index is 12.8. The molecule has 0 aromatic carbocycles. The number of carbonyl (C=O) groups is 3. The van der Waals surface area contributed by atoms with E-state index in [9.17, 15) is 14.4 Å². The summed E-state index contributed by atoms with van der Waals surface area (Å²) in [6, 6.07) is 0. The molecule has 0 bridgehead atoms. The number of hydrogen-bond acceptors (Lipinski definition) is 6. The van der Waals surface area contributed by atoms with Crippen molar-refractivity contribution in [1.82, 2.24) is 0 Å². The van der Waals surface area contributed by atoms with Crippen molar-refractivity contribution in [3.05, 3.63) is 72.9 Å². The molecule has 0 amide bonds. The molecule has 0 aromatic heterocycles. The summed E-state index contributed by atoms with van der Waals surface area (Å²) in [6.45, 7) is 6.50. The van der Waals surface area contributed by atoms with E-state index in [1.54, 1.807) is 0 Å². The van der Waals surface area contributed by atoms with E-state index in [0.29, 0.717) is 19.3 Å². The number of esters is 3. The molecule has 0 aliphatic heterocycles. The van der Waals surface area contributed by atoms with E-state index in [1.807, 2.05) is 0 Å². The van der Waals surface area contributed by atoms with Gasteiger partial charge in [0, 0.05) is 19.3 Å². The lowest BCUT2D eigenvalue weighted by molar-refractivity contribution is -0.167. The van der Waals surface area contributed by atoms with Gasteiger partial charge in [-0.2, -0.15) is 0 Å². The summed E-state index contributed by atoms with van der Waals surface area (Å²) >= 11 is 0. The van der Waals surface area contributed by atoms with Crippen LogP contribution in [0.5, 0.6) is 0 Å². The standard InChI is InChI=1S/C56H96O6/c1-4-7-10-13-16-19-22-24-26-28-30-32-34-37-40-43-46-49-55(58)61-52-53(51-60-54(57)48-45-42-39-36-21-18-15-12-9-6-3)62-56(59)50-47-44-41-38-35-33-31-29-27-25-23-20-17-14-11-8-5-2/h15,17-18,20,24-27,30,32,37,40,53H,4-14,16,19,21-23,28-29,31,33-36,38-39,41-52H2,1-3H3/b18-15-,20-17-,26-24-,27-25-,32-30-,40-37-. The number of unbranched alkanes of at least 4 members (excludes halogenated alkanes) is 23. The van der Waals surface area contributed by atoms with Gasteiger partial charge >= 0.3 is 17.9 Å². The largest absolute Gasteiger partial charge is 0.462 e. The Labute approximate surface area is 382 Å². The highest BCUT2D eigenvalue weighted by molar-refractivity contribution is 5.71. The van der Waals surface area contributed by atoms with Gasteiger partial charge in [-0.3, -0.25) is 14.4 Å². The van der Waals surface area contributed by atoms with Gasteiger partial charge < -0.3 is 14.2 Å². The molecule has 0 rings (SSSR count). The van der Waals surface area contributed by atoms with Gasteiger partial charge in [0.25, 0.3) is 0 Å². The van der Waals surface area contributed by atoms with Gasteiger partial charge in [-0.25, -0.2) is 0 Å². The summed E-state index contributed by atoms with van der Waals surface area (Å²) in [4.78, 5) is 37.9. The predicted molar refractivity (Wildman–Crippen MR) is 265 cm³/mol. The van der Waals surface area contributed by atoms with E-state index >= 15 is 0 Å². The van der Waals surface area contributed by atoms with E-state index in [0.717, 1.165) is 89.9 Å². The van der Waals surface area contributed by atoms with Gasteiger partial charge in [0.05, 0.1) is 0 Å². The third kappa shape index (κ3) is 47.9. The van der Waals surface area contributed by atoms with Gasteiger partial charge in [0.2, 0.25) is 0 Å². The Hall–Kier alpha value is -3.15. The van der Waals surface area contributed by atoms with Crippen LogP contribution in [0, 0.1) is 0 Å². The average Bonchev–Trinajstić information content (AvgIpc) is 3.27. The van der Waals surface area contributed by atoms with Gasteiger partial charge in [-0.05, 0) is 103 Å². The first-order valence-corrected chi connectivity index (χ1v) is 25.9. The van der Waals surface area contributed by atoms with Crippen molar-refractivity contribution >= 4 is 17.9 Å². The Morgan fingerprint density at radius 3 is 1.06 bits per heavy atom. The molecule has 6 nitrogen and oxygen atoms in total. The highest BCUT2D eigenvalue weighted by atomic mass is 16.6. The lowest BCUT2D eigenvalue weighted by Crippen LogP contribution is -2.30. The van der Waals surface area contributed by atoms with Crippen LogP contribution in [0.25, 0.3) is 0 Å². The van der Waals surface area contributed by atoms with Crippen molar-refractivity contribution in [3.63, 3.8) is 0 Å². The second kappa shape index (κ2) is 50.5. The Morgan fingerprint density at radius 1 is 0.323 bits per heavy atom. The van der Waals surface area contributed by atoms with Gasteiger partial charge in [-0.15, -0.1) is 0 Å². The highest BCUT2D eigenvalue weighted by Crippen LogP contribution is 2.13. The van der Waals surface area contributed by atoms with Crippen molar-refractivity contribution in [2.75, 3.05) is 13.2 Å². The Morgan fingerprint density at radius 2 is 0.613 bits per heavy atom. The normalized spacial score (nSPS) is 12.6. The zero-order valence-electron chi connectivity index (χ0n) is 40.6. The predicted octanol–water partition coefficient (Wildman–Crippen LogP) is 17.0. The van der Waals surface area contributed by atoms with Crippen molar-refractivity contribution in [2.24, 2.45) is 0 Å².